The van der Waals surface area contributed by atoms with Crippen LogP contribution in [0.5, 0.6) is 11.5 Å². The second-order valence-electron chi connectivity index (χ2n) is 7.28. The summed E-state index contributed by atoms with van der Waals surface area (Å²) in [4.78, 5) is 29.1. The summed E-state index contributed by atoms with van der Waals surface area (Å²) in [5, 5.41) is 2.89. The molecular formula is C23H23N5O4. The van der Waals surface area contributed by atoms with E-state index >= 15 is 0 Å². The molecule has 2 heterocycles. The maximum Gasteiger partial charge on any atom is 0.255 e. The third-order valence-corrected chi connectivity index (χ3v) is 5.31. The van der Waals surface area contributed by atoms with Gasteiger partial charge in [0.05, 0.1) is 30.8 Å². The summed E-state index contributed by atoms with van der Waals surface area (Å²) in [6, 6.07) is 12.3. The molecule has 4 aromatic rings. The molecule has 0 fully saturated rings. The van der Waals surface area contributed by atoms with Gasteiger partial charge in [0.15, 0.2) is 11.6 Å². The number of carbonyl (C=O) groups is 2. The lowest BCUT2D eigenvalue weighted by atomic mass is 10.2. The number of aromatic nitrogens is 3. The minimum Gasteiger partial charge on any atom is -0.497 e. The minimum atomic E-state index is -0.578. The van der Waals surface area contributed by atoms with Crippen LogP contribution in [0.4, 0.5) is 5.69 Å². The fraction of sp³-hybridized carbons (Fsp3) is 0.174. The molecule has 0 atom stereocenters. The third-order valence-electron chi connectivity index (χ3n) is 5.31. The van der Waals surface area contributed by atoms with Gasteiger partial charge in [0.1, 0.15) is 11.4 Å². The zero-order valence-electron chi connectivity index (χ0n) is 18.2. The second-order valence-corrected chi connectivity index (χ2v) is 7.28. The van der Waals surface area contributed by atoms with Crippen molar-refractivity contribution in [3.8, 4) is 23.0 Å². The van der Waals surface area contributed by atoms with Gasteiger partial charge in [-0.3, -0.25) is 9.59 Å². The largest absolute Gasteiger partial charge is 0.497 e. The number of nitrogens with one attached hydrogen (secondary N) is 1. The van der Waals surface area contributed by atoms with Crippen LogP contribution < -0.4 is 20.5 Å². The highest BCUT2D eigenvalue weighted by Crippen LogP contribution is 2.35. The smallest absolute Gasteiger partial charge is 0.255 e. The molecule has 2 aromatic heterocycles. The molecule has 0 aliphatic rings. The highest BCUT2D eigenvalue weighted by molar-refractivity contribution is 6.05. The van der Waals surface area contributed by atoms with Crippen LogP contribution >= 0.6 is 0 Å². The molecular weight excluding hydrogens is 410 g/mol. The first-order valence-corrected chi connectivity index (χ1v) is 9.79. The summed E-state index contributed by atoms with van der Waals surface area (Å²) in [6.45, 7) is 0. The number of hydrogen-bond donors (Lipinski definition) is 2. The van der Waals surface area contributed by atoms with E-state index in [1.165, 1.54) is 7.11 Å². The summed E-state index contributed by atoms with van der Waals surface area (Å²) in [7, 11) is 6.73. The predicted molar refractivity (Wildman–Crippen MR) is 121 cm³/mol. The van der Waals surface area contributed by atoms with Crippen LogP contribution in [-0.2, 0) is 14.1 Å². The fourth-order valence-corrected chi connectivity index (χ4v) is 3.68. The van der Waals surface area contributed by atoms with Crippen LogP contribution in [0.15, 0.2) is 48.7 Å². The van der Waals surface area contributed by atoms with Crippen LogP contribution in [-0.4, -0.2) is 40.2 Å². The van der Waals surface area contributed by atoms with Crippen LogP contribution in [0.2, 0.25) is 0 Å². The number of hydrogen-bond acceptors (Lipinski definition) is 5. The number of carbonyl (C=O) groups excluding carboxylic acids is 2. The number of fused-ring (bicyclic) bond motifs is 1. The number of ether oxygens (including phenoxy) is 2. The number of benzene rings is 2. The van der Waals surface area contributed by atoms with E-state index in [4.69, 9.17) is 20.2 Å². The van der Waals surface area contributed by atoms with E-state index in [1.54, 1.807) is 55.3 Å². The van der Waals surface area contributed by atoms with E-state index < -0.39 is 5.91 Å². The molecule has 0 bridgehead atoms. The molecule has 4 rings (SSSR count). The van der Waals surface area contributed by atoms with Crippen LogP contribution in [0.25, 0.3) is 22.6 Å². The summed E-state index contributed by atoms with van der Waals surface area (Å²) >= 11 is 0. The van der Waals surface area contributed by atoms with E-state index in [0.717, 1.165) is 5.52 Å². The van der Waals surface area contributed by atoms with Crippen molar-refractivity contribution in [3.05, 3.63) is 59.8 Å². The molecule has 32 heavy (non-hydrogen) atoms. The Balaban J connectivity index is 1.70. The molecule has 0 radical (unpaired) electrons. The predicted octanol–water partition coefficient (Wildman–Crippen LogP) is 2.95. The van der Waals surface area contributed by atoms with Crippen molar-refractivity contribution in [2.75, 3.05) is 19.5 Å². The summed E-state index contributed by atoms with van der Waals surface area (Å²) in [5.74, 6) is 0.834. The standard InChI is InChI=1S/C23H23N5O4/c1-27-12-16(21(24)29)20(32-4)19(27)22-26-17-11-14(7-10-18(17)28(22)2)25-23(30)13-5-8-15(31-3)9-6-13/h5-12H,1-4H3,(H2,24,29)(H,25,30). The van der Waals surface area contributed by atoms with Crippen LogP contribution in [0.1, 0.15) is 20.7 Å². The van der Waals surface area contributed by atoms with Gasteiger partial charge in [-0.25, -0.2) is 4.98 Å². The van der Waals surface area contributed by atoms with E-state index in [0.29, 0.717) is 39.8 Å². The molecule has 0 saturated carbocycles. The highest BCUT2D eigenvalue weighted by atomic mass is 16.5. The molecule has 0 unspecified atom stereocenters. The minimum absolute atomic E-state index is 0.238. The molecule has 0 saturated heterocycles. The quantitative estimate of drug-likeness (QED) is 0.485. The Hall–Kier alpha value is -4.27. The van der Waals surface area contributed by atoms with Crippen molar-refractivity contribution >= 4 is 28.5 Å². The molecule has 0 aliphatic carbocycles. The number of rotatable bonds is 6. The number of amides is 2. The average Bonchev–Trinajstić information content (AvgIpc) is 3.29. The Labute approximate surface area is 184 Å². The molecule has 3 N–H and O–H groups in total. The average molecular weight is 433 g/mol. The number of nitrogens with zero attached hydrogens (tertiary/aromatic N) is 3. The number of methoxy groups -OCH3 is 2. The van der Waals surface area contributed by atoms with E-state index in [1.807, 2.05) is 23.7 Å². The lowest BCUT2D eigenvalue weighted by molar-refractivity contribution is 0.0995. The molecule has 0 spiro atoms. The first-order chi connectivity index (χ1) is 15.3. The maximum absolute atomic E-state index is 12.6. The zero-order valence-corrected chi connectivity index (χ0v) is 18.2. The topological polar surface area (TPSA) is 113 Å². The van der Waals surface area contributed by atoms with Crippen molar-refractivity contribution in [1.82, 2.24) is 14.1 Å². The van der Waals surface area contributed by atoms with Gasteiger partial charge < -0.3 is 29.7 Å². The number of primary amides is 1. The Morgan fingerprint density at radius 3 is 2.38 bits per heavy atom. The summed E-state index contributed by atoms with van der Waals surface area (Å²) in [6.07, 6.45) is 1.62. The van der Waals surface area contributed by atoms with Gasteiger partial charge in [-0.05, 0) is 42.5 Å². The maximum atomic E-state index is 12.6. The van der Waals surface area contributed by atoms with Crippen molar-refractivity contribution in [1.29, 1.82) is 0 Å². The van der Waals surface area contributed by atoms with Gasteiger partial charge in [-0.1, -0.05) is 0 Å². The van der Waals surface area contributed by atoms with E-state index in [2.05, 4.69) is 5.32 Å². The number of aryl methyl sites for hydroxylation is 2. The van der Waals surface area contributed by atoms with Gasteiger partial charge in [-0.2, -0.15) is 0 Å². The van der Waals surface area contributed by atoms with Crippen molar-refractivity contribution in [2.24, 2.45) is 19.8 Å². The lowest BCUT2D eigenvalue weighted by Gasteiger charge is -2.08. The van der Waals surface area contributed by atoms with Crippen molar-refractivity contribution in [3.63, 3.8) is 0 Å². The Morgan fingerprint density at radius 2 is 1.75 bits per heavy atom. The van der Waals surface area contributed by atoms with Gasteiger partial charge in [0.25, 0.3) is 11.8 Å². The van der Waals surface area contributed by atoms with Crippen molar-refractivity contribution < 1.29 is 19.1 Å². The molecule has 9 nitrogen and oxygen atoms in total. The Morgan fingerprint density at radius 1 is 1.03 bits per heavy atom. The van der Waals surface area contributed by atoms with Crippen molar-refractivity contribution in [2.45, 2.75) is 0 Å². The monoisotopic (exact) mass is 433 g/mol. The molecule has 9 heteroatoms. The normalized spacial score (nSPS) is 10.9. The Bertz CT molecular complexity index is 1330. The van der Waals surface area contributed by atoms with Gasteiger partial charge in [-0.15, -0.1) is 0 Å². The van der Waals surface area contributed by atoms with Gasteiger partial charge in [0.2, 0.25) is 0 Å². The van der Waals surface area contributed by atoms with Crippen LogP contribution in [0.3, 0.4) is 0 Å². The number of nitrogens with two attached hydrogens (primary N) is 1. The summed E-state index contributed by atoms with van der Waals surface area (Å²) < 4.78 is 14.2. The first kappa shape index (κ1) is 21.0. The van der Waals surface area contributed by atoms with Gasteiger partial charge >= 0.3 is 0 Å². The second kappa shape index (κ2) is 8.10. The number of imidazole rings is 1. The SMILES string of the molecule is COc1ccc(C(=O)Nc2ccc3c(c2)nc(-c2c(OC)c(C(N)=O)cn2C)n3C)cc1. The molecule has 2 amide bonds. The Kier molecular flexibility index (Phi) is 5.31. The van der Waals surface area contributed by atoms with Crippen LogP contribution in [0, 0.1) is 0 Å². The molecule has 2 aromatic carbocycles. The molecule has 0 aliphatic heterocycles. The highest BCUT2D eigenvalue weighted by Gasteiger charge is 2.24. The van der Waals surface area contributed by atoms with E-state index in [9.17, 15) is 9.59 Å². The zero-order chi connectivity index (χ0) is 23.0. The summed E-state index contributed by atoms with van der Waals surface area (Å²) in [5.41, 5.74) is 9.06. The lowest BCUT2D eigenvalue weighted by Crippen LogP contribution is -2.11. The third kappa shape index (κ3) is 3.53. The van der Waals surface area contributed by atoms with E-state index in [-0.39, 0.29) is 11.5 Å². The number of anilines is 1. The van der Waals surface area contributed by atoms with Gasteiger partial charge in [0, 0.05) is 31.5 Å². The fourth-order valence-electron chi connectivity index (χ4n) is 3.68. The first-order valence-electron chi connectivity index (χ1n) is 9.79. The molecule has 164 valence electrons.